The second-order valence-electron chi connectivity index (χ2n) is 13.3. The predicted molar refractivity (Wildman–Crippen MR) is 195 cm³/mol. The van der Waals surface area contributed by atoms with E-state index in [9.17, 15) is 38.7 Å². The van der Waals surface area contributed by atoms with Gasteiger partial charge >= 0.3 is 5.97 Å². The minimum Gasteiger partial charge on any atom is -0.480 e. The lowest BCUT2D eigenvalue weighted by molar-refractivity contribution is -0.145. The number of likely N-dealkylation sites (tertiary alicyclic amines) is 2. The number of rotatable bonds is 21. The van der Waals surface area contributed by atoms with E-state index in [-0.39, 0.29) is 45.2 Å². The molecule has 6 atom stereocenters. The van der Waals surface area contributed by atoms with Crippen molar-refractivity contribution in [2.45, 2.75) is 107 Å². The third-order valence-corrected chi connectivity index (χ3v) is 10.0. The molecule has 2 fully saturated rings. The maximum atomic E-state index is 14.1. The van der Waals surface area contributed by atoms with E-state index in [0.29, 0.717) is 50.8 Å². The highest BCUT2D eigenvalue weighted by Gasteiger charge is 2.42. The summed E-state index contributed by atoms with van der Waals surface area (Å²) in [5.74, 6) is -3.91. The molecule has 2 heterocycles. The Balaban J connectivity index is 1.75. The summed E-state index contributed by atoms with van der Waals surface area (Å²) in [6, 6.07) is 2.99. The minimum absolute atomic E-state index is 0.00207. The van der Waals surface area contributed by atoms with Crippen LogP contribution in [0.1, 0.15) is 69.8 Å². The topological polar surface area (TPSA) is 260 Å². The van der Waals surface area contributed by atoms with Crippen molar-refractivity contribution in [2.24, 2.45) is 17.2 Å². The van der Waals surface area contributed by atoms with Crippen LogP contribution < -0.4 is 33.2 Å². The maximum Gasteiger partial charge on any atom is 0.326 e. The standard InChI is InChI=1S/C35H54N8O8S/c1-52-20-16-24(33(48)42-18-7-13-28(42)32(47)40-25(35(50)51)11-5-6-17-36)39-31(46)27-12-8-19-43(27)34(49)26(21-22-9-3-2-4-10-22)41-30(45)23(37)14-15-29(38)44/h2-4,9-10,23-28H,5-8,11-21,36-37H2,1H3,(H2,38,44)(H,39,46)(H,40,47)(H,41,45)(H,50,51). The van der Waals surface area contributed by atoms with Gasteiger partial charge in [-0.2, -0.15) is 11.8 Å². The van der Waals surface area contributed by atoms with Crippen LogP contribution in [-0.2, 0) is 40.0 Å². The van der Waals surface area contributed by atoms with Crippen molar-refractivity contribution in [1.82, 2.24) is 25.8 Å². The van der Waals surface area contributed by atoms with Gasteiger partial charge in [-0.1, -0.05) is 30.3 Å². The summed E-state index contributed by atoms with van der Waals surface area (Å²) >= 11 is 1.48. The quantitative estimate of drug-likeness (QED) is 0.0768. The van der Waals surface area contributed by atoms with Crippen LogP contribution in [0.15, 0.2) is 30.3 Å². The summed E-state index contributed by atoms with van der Waals surface area (Å²) in [5.41, 5.74) is 17.5. The van der Waals surface area contributed by atoms with E-state index in [1.165, 1.54) is 21.6 Å². The van der Waals surface area contributed by atoms with E-state index in [1.54, 1.807) is 12.1 Å². The maximum absolute atomic E-state index is 14.1. The molecule has 10 N–H and O–H groups in total. The van der Waals surface area contributed by atoms with Crippen LogP contribution in [0, 0.1) is 0 Å². The second kappa shape index (κ2) is 21.3. The van der Waals surface area contributed by atoms with Crippen LogP contribution in [0.5, 0.6) is 0 Å². The number of nitrogens with one attached hydrogen (secondary N) is 3. The third kappa shape index (κ3) is 12.5. The molecule has 2 aliphatic heterocycles. The molecule has 6 unspecified atom stereocenters. The van der Waals surface area contributed by atoms with Gasteiger partial charge in [0.25, 0.3) is 0 Å². The van der Waals surface area contributed by atoms with E-state index in [1.807, 2.05) is 24.5 Å². The first kappa shape index (κ1) is 42.2. The largest absolute Gasteiger partial charge is 0.480 e. The van der Waals surface area contributed by atoms with E-state index in [4.69, 9.17) is 17.2 Å². The normalized spacial score (nSPS) is 19.3. The number of carbonyl (C=O) groups excluding carboxylic acids is 6. The smallest absolute Gasteiger partial charge is 0.326 e. The summed E-state index contributed by atoms with van der Waals surface area (Å²) in [6.07, 6.45) is 5.24. The molecule has 288 valence electrons. The lowest BCUT2D eigenvalue weighted by Gasteiger charge is -2.32. The highest BCUT2D eigenvalue weighted by molar-refractivity contribution is 7.98. The SMILES string of the molecule is CSCCC(NC(=O)C1CCCN1C(=O)C(Cc1ccccc1)NC(=O)C(N)CCC(N)=O)C(=O)N1CCCC1C(=O)NC(CCCCN)C(=O)O. The van der Waals surface area contributed by atoms with Gasteiger partial charge in [-0.3, -0.25) is 28.8 Å². The number of carbonyl (C=O) groups is 7. The number of carboxylic acids is 1. The summed E-state index contributed by atoms with van der Waals surface area (Å²) in [6.45, 7) is 0.921. The Morgan fingerprint density at radius 2 is 1.40 bits per heavy atom. The van der Waals surface area contributed by atoms with Gasteiger partial charge in [-0.25, -0.2) is 4.79 Å². The van der Waals surface area contributed by atoms with Crippen LogP contribution in [0.25, 0.3) is 0 Å². The zero-order chi connectivity index (χ0) is 38.2. The number of hydrogen-bond donors (Lipinski definition) is 7. The molecule has 0 saturated carbocycles. The first-order valence-corrected chi connectivity index (χ1v) is 19.3. The predicted octanol–water partition coefficient (Wildman–Crippen LogP) is -0.775. The fraction of sp³-hybridized carbons (Fsp3) is 0.629. The van der Waals surface area contributed by atoms with Crippen LogP contribution in [0.3, 0.4) is 0 Å². The number of nitrogens with two attached hydrogens (primary N) is 3. The lowest BCUT2D eigenvalue weighted by atomic mass is 10.0. The summed E-state index contributed by atoms with van der Waals surface area (Å²) in [4.78, 5) is 94.1. The molecular formula is C35H54N8O8S. The van der Waals surface area contributed by atoms with Crippen LogP contribution in [0.4, 0.5) is 0 Å². The summed E-state index contributed by atoms with van der Waals surface area (Å²) in [5, 5.41) is 17.8. The fourth-order valence-corrected chi connectivity index (χ4v) is 7.01. The average Bonchev–Trinajstić information content (AvgIpc) is 3.82. The number of aliphatic carboxylic acids is 1. The monoisotopic (exact) mass is 746 g/mol. The second-order valence-corrected chi connectivity index (χ2v) is 14.3. The van der Waals surface area contributed by atoms with Crippen LogP contribution in [-0.4, -0.2) is 124 Å². The van der Waals surface area contributed by atoms with Crippen molar-refractivity contribution in [2.75, 3.05) is 31.6 Å². The van der Waals surface area contributed by atoms with Crippen molar-refractivity contribution < 1.29 is 38.7 Å². The number of primary amides is 1. The van der Waals surface area contributed by atoms with Gasteiger partial charge in [0.2, 0.25) is 35.4 Å². The highest BCUT2D eigenvalue weighted by Crippen LogP contribution is 2.23. The molecule has 52 heavy (non-hydrogen) atoms. The molecule has 6 amide bonds. The number of unbranched alkanes of at least 4 members (excludes halogenated alkanes) is 1. The molecule has 0 spiro atoms. The molecule has 16 nitrogen and oxygen atoms in total. The Labute approximate surface area is 308 Å². The Morgan fingerprint density at radius 1 is 0.827 bits per heavy atom. The molecule has 2 saturated heterocycles. The van der Waals surface area contributed by atoms with Crippen molar-refractivity contribution in [3.63, 3.8) is 0 Å². The van der Waals surface area contributed by atoms with E-state index < -0.39 is 77.7 Å². The molecule has 0 bridgehead atoms. The van der Waals surface area contributed by atoms with E-state index >= 15 is 0 Å². The van der Waals surface area contributed by atoms with Gasteiger partial charge in [0.1, 0.15) is 30.2 Å². The molecule has 3 rings (SSSR count). The fourth-order valence-electron chi connectivity index (χ4n) is 6.54. The summed E-state index contributed by atoms with van der Waals surface area (Å²) < 4.78 is 0. The van der Waals surface area contributed by atoms with Crippen molar-refractivity contribution in [3.05, 3.63) is 35.9 Å². The van der Waals surface area contributed by atoms with Crippen molar-refractivity contribution in [1.29, 1.82) is 0 Å². The van der Waals surface area contributed by atoms with E-state index in [0.717, 1.165) is 5.56 Å². The van der Waals surface area contributed by atoms with Gasteiger partial charge < -0.3 is 48.1 Å². The number of amides is 6. The Morgan fingerprint density at radius 3 is 1.94 bits per heavy atom. The van der Waals surface area contributed by atoms with Gasteiger partial charge in [0.05, 0.1) is 6.04 Å². The minimum atomic E-state index is -1.17. The molecule has 0 aromatic heterocycles. The first-order valence-electron chi connectivity index (χ1n) is 17.9. The molecular weight excluding hydrogens is 692 g/mol. The average molecular weight is 747 g/mol. The van der Waals surface area contributed by atoms with Crippen molar-refractivity contribution >= 4 is 53.2 Å². The van der Waals surface area contributed by atoms with Gasteiger partial charge in [0, 0.05) is 25.9 Å². The van der Waals surface area contributed by atoms with Gasteiger partial charge in [-0.05, 0) is 81.9 Å². The number of benzene rings is 1. The highest BCUT2D eigenvalue weighted by atomic mass is 32.2. The number of hydrogen-bond acceptors (Lipinski definition) is 10. The molecule has 0 aliphatic carbocycles. The Kier molecular flexibility index (Phi) is 17.3. The number of carboxylic acid groups (broad SMARTS) is 1. The first-order chi connectivity index (χ1) is 24.9. The van der Waals surface area contributed by atoms with Crippen LogP contribution >= 0.6 is 11.8 Å². The number of thioether (sulfide) groups is 1. The van der Waals surface area contributed by atoms with Crippen molar-refractivity contribution in [3.8, 4) is 0 Å². The molecule has 2 aliphatic rings. The molecule has 0 radical (unpaired) electrons. The van der Waals surface area contributed by atoms with E-state index in [2.05, 4.69) is 16.0 Å². The zero-order valence-electron chi connectivity index (χ0n) is 29.8. The zero-order valence-corrected chi connectivity index (χ0v) is 30.6. The van der Waals surface area contributed by atoms with Crippen LogP contribution in [0.2, 0.25) is 0 Å². The van der Waals surface area contributed by atoms with Gasteiger partial charge in [0.15, 0.2) is 0 Å². The molecule has 17 heteroatoms. The molecule has 1 aromatic carbocycles. The number of nitrogens with zero attached hydrogens (tertiary/aromatic N) is 2. The summed E-state index contributed by atoms with van der Waals surface area (Å²) in [7, 11) is 0. The molecule has 1 aromatic rings. The Bertz CT molecular complexity index is 1400. The third-order valence-electron chi connectivity index (χ3n) is 9.40. The lowest BCUT2D eigenvalue weighted by Crippen LogP contribution is -2.59. The Hall–Kier alpha value is -4.22. The van der Waals surface area contributed by atoms with Gasteiger partial charge in [-0.15, -0.1) is 0 Å².